The maximum atomic E-state index is 11.7. The highest BCUT2D eigenvalue weighted by molar-refractivity contribution is 5.87. The number of ketones is 1. The molecule has 1 unspecified atom stereocenters. The lowest BCUT2D eigenvalue weighted by Gasteiger charge is -2.12. The van der Waals surface area contributed by atoms with Gasteiger partial charge in [-0.05, 0) is 17.7 Å². The molecule has 1 aromatic carbocycles. The summed E-state index contributed by atoms with van der Waals surface area (Å²) in [4.78, 5) is 27.9. The summed E-state index contributed by atoms with van der Waals surface area (Å²) in [6.07, 6.45) is -1.14. The van der Waals surface area contributed by atoms with E-state index in [1.165, 1.54) is 0 Å². The van der Waals surface area contributed by atoms with E-state index in [9.17, 15) is 14.7 Å². The van der Waals surface area contributed by atoms with Gasteiger partial charge in [-0.3, -0.25) is 4.79 Å². The Morgan fingerprint density at radius 3 is 2.53 bits per heavy atom. The molecule has 2 rings (SSSR count). The molecule has 0 bridgehead atoms. The zero-order chi connectivity index (χ0) is 12.6. The van der Waals surface area contributed by atoms with Crippen molar-refractivity contribution in [3.8, 4) is 0 Å². The summed E-state index contributed by atoms with van der Waals surface area (Å²) in [5.74, 6) is -0.465. The number of aromatic nitrogens is 2. The summed E-state index contributed by atoms with van der Waals surface area (Å²) >= 11 is 0. The van der Waals surface area contributed by atoms with E-state index in [-0.39, 0.29) is 17.4 Å². The smallest absolute Gasteiger partial charge is 0.323 e. The van der Waals surface area contributed by atoms with Crippen LogP contribution in [0, 0.1) is 5.92 Å². The molecule has 0 aliphatic carbocycles. The van der Waals surface area contributed by atoms with Gasteiger partial charge in [0.05, 0.1) is 11.0 Å². The van der Waals surface area contributed by atoms with Crippen LogP contribution in [0.1, 0.15) is 25.5 Å². The molecule has 90 valence electrons. The Hall–Kier alpha value is -1.88. The second kappa shape index (κ2) is 4.18. The summed E-state index contributed by atoms with van der Waals surface area (Å²) in [6.45, 7) is 3.48. The number of nitrogens with one attached hydrogen (secondary N) is 2. The van der Waals surface area contributed by atoms with Crippen molar-refractivity contribution >= 4 is 16.8 Å². The van der Waals surface area contributed by atoms with E-state index >= 15 is 0 Å². The van der Waals surface area contributed by atoms with Crippen molar-refractivity contribution in [2.75, 3.05) is 0 Å². The SMILES string of the molecule is CC(C)C(=O)C(O)c1ccc2[nH]c(=O)[nH]c2c1. The Morgan fingerprint density at radius 2 is 1.88 bits per heavy atom. The topological polar surface area (TPSA) is 85.9 Å². The second-order valence-electron chi connectivity index (χ2n) is 4.34. The van der Waals surface area contributed by atoms with Gasteiger partial charge < -0.3 is 15.1 Å². The monoisotopic (exact) mass is 234 g/mol. The number of benzene rings is 1. The minimum atomic E-state index is -1.14. The van der Waals surface area contributed by atoms with Gasteiger partial charge in [0.15, 0.2) is 5.78 Å². The van der Waals surface area contributed by atoms with Gasteiger partial charge in [-0.2, -0.15) is 0 Å². The molecule has 1 aromatic heterocycles. The summed E-state index contributed by atoms with van der Waals surface area (Å²) in [5.41, 5.74) is 1.43. The van der Waals surface area contributed by atoms with Gasteiger partial charge in [-0.25, -0.2) is 4.79 Å². The molecular formula is C12H14N2O3. The first-order valence-corrected chi connectivity index (χ1v) is 5.43. The predicted molar refractivity (Wildman–Crippen MR) is 63.7 cm³/mol. The molecule has 0 aliphatic rings. The summed E-state index contributed by atoms with van der Waals surface area (Å²) in [5, 5.41) is 9.87. The van der Waals surface area contributed by atoms with Gasteiger partial charge in [0, 0.05) is 5.92 Å². The fourth-order valence-electron chi connectivity index (χ4n) is 1.70. The number of imidazole rings is 1. The Kier molecular flexibility index (Phi) is 2.85. The molecule has 2 aromatic rings. The molecular weight excluding hydrogens is 220 g/mol. The lowest BCUT2D eigenvalue weighted by atomic mass is 9.98. The number of rotatable bonds is 3. The van der Waals surface area contributed by atoms with Crippen LogP contribution in [0.4, 0.5) is 0 Å². The average Bonchev–Trinajstić information content (AvgIpc) is 2.65. The summed E-state index contributed by atoms with van der Waals surface area (Å²) < 4.78 is 0. The van der Waals surface area contributed by atoms with Crippen molar-refractivity contribution in [3.05, 3.63) is 34.2 Å². The third-order valence-corrected chi connectivity index (χ3v) is 2.69. The molecule has 3 N–H and O–H groups in total. The fraction of sp³-hybridized carbons (Fsp3) is 0.333. The number of aliphatic hydroxyl groups is 1. The van der Waals surface area contributed by atoms with Gasteiger partial charge in [-0.15, -0.1) is 0 Å². The highest BCUT2D eigenvalue weighted by Gasteiger charge is 2.20. The Morgan fingerprint density at radius 1 is 1.24 bits per heavy atom. The van der Waals surface area contributed by atoms with E-state index in [0.29, 0.717) is 16.6 Å². The van der Waals surface area contributed by atoms with Crippen LogP contribution >= 0.6 is 0 Å². The van der Waals surface area contributed by atoms with Gasteiger partial charge in [-0.1, -0.05) is 19.9 Å². The largest absolute Gasteiger partial charge is 0.381 e. The van der Waals surface area contributed by atoms with Crippen molar-refractivity contribution in [3.63, 3.8) is 0 Å². The standard InChI is InChI=1S/C12H14N2O3/c1-6(2)10(15)11(16)7-3-4-8-9(5-7)14-12(17)13-8/h3-6,11,16H,1-2H3,(H2,13,14,17). The average molecular weight is 234 g/mol. The van der Waals surface area contributed by atoms with Gasteiger partial charge >= 0.3 is 5.69 Å². The number of hydrogen-bond acceptors (Lipinski definition) is 3. The van der Waals surface area contributed by atoms with Gasteiger partial charge in [0.2, 0.25) is 0 Å². The lowest BCUT2D eigenvalue weighted by molar-refractivity contribution is -0.130. The first-order chi connectivity index (χ1) is 7.99. The van der Waals surface area contributed by atoms with Crippen molar-refractivity contribution < 1.29 is 9.90 Å². The van der Waals surface area contributed by atoms with Crippen LogP contribution in [0.2, 0.25) is 0 Å². The molecule has 1 heterocycles. The summed E-state index contributed by atoms with van der Waals surface area (Å²) in [7, 11) is 0. The van der Waals surface area contributed by atoms with Crippen molar-refractivity contribution in [1.29, 1.82) is 0 Å². The van der Waals surface area contributed by atoms with Gasteiger partial charge in [0.1, 0.15) is 6.10 Å². The molecule has 0 saturated heterocycles. The van der Waals surface area contributed by atoms with E-state index < -0.39 is 6.10 Å². The van der Waals surface area contributed by atoms with Crippen molar-refractivity contribution in [2.24, 2.45) is 5.92 Å². The highest BCUT2D eigenvalue weighted by Crippen LogP contribution is 2.20. The molecule has 17 heavy (non-hydrogen) atoms. The first-order valence-electron chi connectivity index (χ1n) is 5.43. The Labute approximate surface area is 97.5 Å². The van der Waals surface area contributed by atoms with Gasteiger partial charge in [0.25, 0.3) is 0 Å². The molecule has 0 saturated carbocycles. The van der Waals surface area contributed by atoms with Crippen molar-refractivity contribution in [1.82, 2.24) is 9.97 Å². The third-order valence-electron chi connectivity index (χ3n) is 2.69. The number of carbonyl (C=O) groups is 1. The minimum Gasteiger partial charge on any atom is -0.381 e. The molecule has 0 radical (unpaired) electrons. The number of aliphatic hydroxyl groups excluding tert-OH is 1. The molecule has 0 amide bonds. The van der Waals surface area contributed by atoms with E-state index in [0.717, 1.165) is 0 Å². The molecule has 5 heteroatoms. The minimum absolute atomic E-state index is 0.231. The number of Topliss-reactive ketones (excluding diaryl/α,β-unsaturated/α-hetero) is 1. The number of H-pyrrole nitrogens is 2. The van der Waals surface area contributed by atoms with Crippen molar-refractivity contribution in [2.45, 2.75) is 20.0 Å². The zero-order valence-corrected chi connectivity index (χ0v) is 9.65. The molecule has 0 spiro atoms. The first kappa shape index (κ1) is 11.6. The Balaban J connectivity index is 2.42. The molecule has 1 atom stereocenters. The number of carbonyl (C=O) groups excluding carboxylic acids is 1. The lowest BCUT2D eigenvalue weighted by Crippen LogP contribution is -2.17. The maximum Gasteiger partial charge on any atom is 0.323 e. The van der Waals surface area contributed by atoms with E-state index in [1.807, 2.05) is 0 Å². The number of aromatic amines is 2. The number of hydrogen-bond donors (Lipinski definition) is 3. The number of fused-ring (bicyclic) bond motifs is 1. The van der Waals surface area contributed by atoms with Crippen LogP contribution in [0.5, 0.6) is 0 Å². The van der Waals surface area contributed by atoms with Crippen LogP contribution < -0.4 is 5.69 Å². The van der Waals surface area contributed by atoms with Crippen LogP contribution in [0.15, 0.2) is 23.0 Å². The zero-order valence-electron chi connectivity index (χ0n) is 9.65. The van der Waals surface area contributed by atoms with E-state index in [4.69, 9.17) is 0 Å². The Bertz CT molecular complexity index is 609. The van der Waals surface area contributed by atoms with Crippen LogP contribution in [-0.2, 0) is 4.79 Å². The van der Waals surface area contributed by atoms with Crippen LogP contribution in [-0.4, -0.2) is 20.9 Å². The van der Waals surface area contributed by atoms with Crippen LogP contribution in [0.3, 0.4) is 0 Å². The predicted octanol–water partition coefficient (Wildman–Crippen LogP) is 1.11. The molecule has 5 nitrogen and oxygen atoms in total. The molecule has 0 fully saturated rings. The maximum absolute atomic E-state index is 11.7. The quantitative estimate of drug-likeness (QED) is 0.743. The fourth-order valence-corrected chi connectivity index (χ4v) is 1.70. The van der Waals surface area contributed by atoms with Crippen LogP contribution in [0.25, 0.3) is 11.0 Å². The molecule has 0 aliphatic heterocycles. The third kappa shape index (κ3) is 2.14. The second-order valence-corrected chi connectivity index (χ2v) is 4.34. The highest BCUT2D eigenvalue weighted by atomic mass is 16.3. The van der Waals surface area contributed by atoms with E-state index in [2.05, 4.69) is 9.97 Å². The summed E-state index contributed by atoms with van der Waals surface area (Å²) in [6, 6.07) is 4.91. The normalized spacial score (nSPS) is 13.2. The van der Waals surface area contributed by atoms with E-state index in [1.54, 1.807) is 32.0 Å².